The van der Waals surface area contributed by atoms with Gasteiger partial charge in [0.25, 0.3) is 0 Å². The Morgan fingerprint density at radius 1 is 1.56 bits per heavy atom. The van der Waals surface area contributed by atoms with E-state index in [2.05, 4.69) is 15.3 Å². The second kappa shape index (κ2) is 5.55. The first-order valence-corrected chi connectivity index (χ1v) is 5.25. The van der Waals surface area contributed by atoms with Crippen molar-refractivity contribution in [2.24, 2.45) is 5.92 Å². The van der Waals surface area contributed by atoms with Gasteiger partial charge in [-0.1, -0.05) is 6.92 Å². The molecule has 88 valence electrons. The standard InChI is InChI=1S/C11H17N3O2/c1-7(11(15)16)8(2)13-6-10-4-5-12-9(3)14-10/h4-5,7-8,13H,6H2,1-3H3,(H,15,16). The van der Waals surface area contributed by atoms with E-state index >= 15 is 0 Å². The SMILES string of the molecule is Cc1nccc(CNC(C)C(C)C(=O)O)n1. The number of aryl methyl sites for hydroxylation is 1. The van der Waals surface area contributed by atoms with E-state index in [9.17, 15) is 4.79 Å². The summed E-state index contributed by atoms with van der Waals surface area (Å²) in [5, 5.41) is 12.0. The maximum Gasteiger partial charge on any atom is 0.307 e. The molecule has 0 amide bonds. The molecule has 0 bridgehead atoms. The number of aliphatic carboxylic acids is 1. The average molecular weight is 223 g/mol. The molecule has 0 radical (unpaired) electrons. The predicted molar refractivity (Wildman–Crippen MR) is 59.9 cm³/mol. The summed E-state index contributed by atoms with van der Waals surface area (Å²) < 4.78 is 0. The van der Waals surface area contributed by atoms with E-state index in [0.29, 0.717) is 6.54 Å². The van der Waals surface area contributed by atoms with Gasteiger partial charge in [-0.3, -0.25) is 4.79 Å². The molecular formula is C11H17N3O2. The molecule has 0 saturated carbocycles. The van der Waals surface area contributed by atoms with Crippen LogP contribution in [-0.2, 0) is 11.3 Å². The van der Waals surface area contributed by atoms with Crippen molar-refractivity contribution in [3.05, 3.63) is 23.8 Å². The van der Waals surface area contributed by atoms with E-state index in [1.807, 2.05) is 19.9 Å². The van der Waals surface area contributed by atoms with Crippen LogP contribution in [-0.4, -0.2) is 27.1 Å². The monoisotopic (exact) mass is 223 g/mol. The zero-order valence-corrected chi connectivity index (χ0v) is 9.77. The predicted octanol–water partition coefficient (Wildman–Crippen LogP) is 0.984. The van der Waals surface area contributed by atoms with Crippen LogP contribution in [0.2, 0.25) is 0 Å². The lowest BCUT2D eigenvalue weighted by Crippen LogP contribution is -2.35. The minimum Gasteiger partial charge on any atom is -0.481 e. The topological polar surface area (TPSA) is 75.1 Å². The van der Waals surface area contributed by atoms with E-state index in [-0.39, 0.29) is 6.04 Å². The summed E-state index contributed by atoms with van der Waals surface area (Å²) >= 11 is 0. The average Bonchev–Trinajstić information content (AvgIpc) is 2.24. The molecule has 5 heteroatoms. The molecule has 2 atom stereocenters. The Labute approximate surface area is 94.9 Å². The summed E-state index contributed by atoms with van der Waals surface area (Å²) in [6.07, 6.45) is 1.70. The van der Waals surface area contributed by atoms with E-state index in [1.54, 1.807) is 13.1 Å². The van der Waals surface area contributed by atoms with Gasteiger partial charge in [-0.25, -0.2) is 9.97 Å². The molecule has 1 rings (SSSR count). The Hall–Kier alpha value is -1.49. The van der Waals surface area contributed by atoms with E-state index in [4.69, 9.17) is 5.11 Å². The molecule has 0 aliphatic rings. The molecule has 2 unspecified atom stereocenters. The van der Waals surface area contributed by atoms with Crippen LogP contribution in [0, 0.1) is 12.8 Å². The lowest BCUT2D eigenvalue weighted by atomic mass is 10.0. The van der Waals surface area contributed by atoms with Crippen LogP contribution in [0.4, 0.5) is 0 Å². The fourth-order valence-corrected chi connectivity index (χ4v) is 1.26. The molecule has 5 nitrogen and oxygen atoms in total. The number of hydrogen-bond donors (Lipinski definition) is 2. The number of carbonyl (C=O) groups is 1. The molecule has 0 aliphatic heterocycles. The van der Waals surface area contributed by atoms with Crippen molar-refractivity contribution in [1.82, 2.24) is 15.3 Å². The normalized spacial score (nSPS) is 14.4. The van der Waals surface area contributed by atoms with Gasteiger partial charge in [0.15, 0.2) is 0 Å². The van der Waals surface area contributed by atoms with Crippen LogP contribution < -0.4 is 5.32 Å². The highest BCUT2D eigenvalue weighted by Gasteiger charge is 2.18. The van der Waals surface area contributed by atoms with Crippen molar-refractivity contribution >= 4 is 5.97 Å². The Bertz CT molecular complexity index is 368. The van der Waals surface area contributed by atoms with E-state index in [0.717, 1.165) is 11.5 Å². The van der Waals surface area contributed by atoms with Gasteiger partial charge in [0.1, 0.15) is 5.82 Å². The van der Waals surface area contributed by atoms with Crippen molar-refractivity contribution < 1.29 is 9.90 Å². The van der Waals surface area contributed by atoms with Gasteiger partial charge in [-0.05, 0) is 19.9 Å². The van der Waals surface area contributed by atoms with Gasteiger partial charge in [-0.2, -0.15) is 0 Å². The summed E-state index contributed by atoms with van der Waals surface area (Å²) in [6.45, 7) is 5.92. The van der Waals surface area contributed by atoms with Crippen molar-refractivity contribution in [1.29, 1.82) is 0 Å². The molecule has 0 saturated heterocycles. The molecule has 0 aromatic carbocycles. The highest BCUT2D eigenvalue weighted by Crippen LogP contribution is 2.03. The zero-order valence-electron chi connectivity index (χ0n) is 9.77. The summed E-state index contributed by atoms with van der Waals surface area (Å²) in [5.41, 5.74) is 0.872. The molecular weight excluding hydrogens is 206 g/mol. The smallest absolute Gasteiger partial charge is 0.307 e. The molecule has 0 fully saturated rings. The Balaban J connectivity index is 2.48. The van der Waals surface area contributed by atoms with Crippen molar-refractivity contribution in [2.75, 3.05) is 0 Å². The second-order valence-corrected chi connectivity index (χ2v) is 3.89. The second-order valence-electron chi connectivity index (χ2n) is 3.89. The fraction of sp³-hybridized carbons (Fsp3) is 0.545. The van der Waals surface area contributed by atoms with E-state index < -0.39 is 11.9 Å². The van der Waals surface area contributed by atoms with Crippen LogP contribution in [0.25, 0.3) is 0 Å². The molecule has 1 aromatic heterocycles. The molecule has 16 heavy (non-hydrogen) atoms. The number of hydrogen-bond acceptors (Lipinski definition) is 4. The quantitative estimate of drug-likeness (QED) is 0.778. The number of rotatable bonds is 5. The maximum atomic E-state index is 10.7. The van der Waals surface area contributed by atoms with Crippen molar-refractivity contribution in [3.63, 3.8) is 0 Å². The van der Waals surface area contributed by atoms with Crippen LogP contribution in [0.3, 0.4) is 0 Å². The lowest BCUT2D eigenvalue weighted by Gasteiger charge is -2.17. The first-order valence-electron chi connectivity index (χ1n) is 5.25. The summed E-state index contributed by atoms with van der Waals surface area (Å²) in [7, 11) is 0. The van der Waals surface area contributed by atoms with Gasteiger partial charge in [0.2, 0.25) is 0 Å². The van der Waals surface area contributed by atoms with Crippen LogP contribution >= 0.6 is 0 Å². The third-order valence-electron chi connectivity index (χ3n) is 2.58. The minimum absolute atomic E-state index is 0.0900. The molecule has 2 N–H and O–H groups in total. The number of carboxylic acids is 1. The molecule has 1 heterocycles. The largest absolute Gasteiger partial charge is 0.481 e. The van der Waals surface area contributed by atoms with E-state index in [1.165, 1.54) is 0 Å². The Morgan fingerprint density at radius 3 is 2.81 bits per heavy atom. The van der Waals surface area contributed by atoms with Gasteiger partial charge >= 0.3 is 5.97 Å². The number of nitrogens with zero attached hydrogens (tertiary/aromatic N) is 2. The van der Waals surface area contributed by atoms with Crippen LogP contribution in [0.1, 0.15) is 25.4 Å². The van der Waals surface area contributed by atoms with Gasteiger partial charge in [-0.15, -0.1) is 0 Å². The van der Waals surface area contributed by atoms with Gasteiger partial charge in [0, 0.05) is 18.8 Å². The van der Waals surface area contributed by atoms with Gasteiger partial charge in [0.05, 0.1) is 11.6 Å². The lowest BCUT2D eigenvalue weighted by molar-refractivity contribution is -0.141. The van der Waals surface area contributed by atoms with Gasteiger partial charge < -0.3 is 10.4 Å². The summed E-state index contributed by atoms with van der Waals surface area (Å²) in [5.74, 6) is -0.486. The number of carboxylic acid groups (broad SMARTS) is 1. The first-order chi connectivity index (χ1) is 7.50. The Kier molecular flexibility index (Phi) is 4.37. The first kappa shape index (κ1) is 12.6. The highest BCUT2D eigenvalue weighted by molar-refractivity contribution is 5.70. The zero-order chi connectivity index (χ0) is 12.1. The number of nitrogens with one attached hydrogen (secondary N) is 1. The number of aromatic nitrogens is 2. The molecule has 0 aliphatic carbocycles. The Morgan fingerprint density at radius 2 is 2.25 bits per heavy atom. The third kappa shape index (κ3) is 3.58. The van der Waals surface area contributed by atoms with Crippen LogP contribution in [0.5, 0.6) is 0 Å². The summed E-state index contributed by atoms with van der Waals surface area (Å²) in [4.78, 5) is 19.0. The maximum absolute atomic E-state index is 10.7. The molecule has 0 spiro atoms. The molecule has 1 aromatic rings. The summed E-state index contributed by atoms with van der Waals surface area (Å²) in [6, 6.07) is 1.73. The fourth-order valence-electron chi connectivity index (χ4n) is 1.26. The third-order valence-corrected chi connectivity index (χ3v) is 2.58. The van der Waals surface area contributed by atoms with Crippen molar-refractivity contribution in [2.45, 2.75) is 33.4 Å². The highest BCUT2D eigenvalue weighted by atomic mass is 16.4. The minimum atomic E-state index is -0.793. The van der Waals surface area contributed by atoms with Crippen molar-refractivity contribution in [3.8, 4) is 0 Å². The van der Waals surface area contributed by atoms with Crippen LogP contribution in [0.15, 0.2) is 12.3 Å².